The van der Waals surface area contributed by atoms with Crippen LogP contribution in [0.25, 0.3) is 0 Å². The van der Waals surface area contributed by atoms with Crippen molar-refractivity contribution >= 4 is 29.7 Å². The van der Waals surface area contributed by atoms with Crippen LogP contribution in [0.1, 0.15) is 42.2 Å². The fourth-order valence-corrected chi connectivity index (χ4v) is 3.33. The second-order valence-corrected chi connectivity index (χ2v) is 7.89. The molecule has 0 saturated carbocycles. The Morgan fingerprint density at radius 3 is 2.14 bits per heavy atom. The molecule has 0 radical (unpaired) electrons. The normalized spacial score (nSPS) is 10.6. The van der Waals surface area contributed by atoms with Crippen LogP contribution >= 0.6 is 0 Å². The third kappa shape index (κ3) is 6.30. The van der Waals surface area contributed by atoms with E-state index in [9.17, 15) is 14.4 Å². The summed E-state index contributed by atoms with van der Waals surface area (Å²) in [5.41, 5.74) is 5.85. The Hall–Kier alpha value is -5.04. The smallest absolute Gasteiger partial charge is 0.343 e. The van der Waals surface area contributed by atoms with E-state index in [4.69, 9.17) is 4.74 Å². The first-order valence-corrected chi connectivity index (χ1v) is 11.2. The van der Waals surface area contributed by atoms with Gasteiger partial charge in [-0.3, -0.25) is 9.59 Å². The molecule has 178 valence electrons. The van der Waals surface area contributed by atoms with E-state index >= 15 is 0 Å². The number of hydrogen-bond donors (Lipinski definition) is 2. The van der Waals surface area contributed by atoms with Crippen LogP contribution in [-0.4, -0.2) is 24.0 Å². The van der Waals surface area contributed by atoms with Crippen LogP contribution in [0.5, 0.6) is 5.75 Å². The van der Waals surface area contributed by atoms with Crippen molar-refractivity contribution in [3.05, 3.63) is 131 Å². The van der Waals surface area contributed by atoms with Crippen molar-refractivity contribution in [2.24, 2.45) is 5.10 Å². The Kier molecular flexibility index (Phi) is 7.63. The number of nitrogens with zero attached hydrogens (tertiary/aromatic N) is 1. The summed E-state index contributed by atoms with van der Waals surface area (Å²) < 4.78 is 5.53. The molecule has 0 aliphatic carbocycles. The maximum absolute atomic E-state index is 12.5. The minimum Gasteiger partial charge on any atom is -0.422 e. The van der Waals surface area contributed by atoms with Crippen LogP contribution in [0.4, 0.5) is 5.69 Å². The average Bonchev–Trinajstić information content (AvgIpc) is 2.90. The molecule has 0 aliphatic heterocycles. The second kappa shape index (κ2) is 11.4. The van der Waals surface area contributed by atoms with Gasteiger partial charge < -0.3 is 10.1 Å². The molecule has 36 heavy (non-hydrogen) atoms. The molecular weight excluding hydrogens is 454 g/mol. The molecule has 0 unspecified atom stereocenters. The van der Waals surface area contributed by atoms with Crippen LogP contribution < -0.4 is 15.5 Å². The Balaban J connectivity index is 1.36. The topological polar surface area (TPSA) is 96.9 Å². The lowest BCUT2D eigenvalue weighted by Gasteiger charge is -2.08. The van der Waals surface area contributed by atoms with Gasteiger partial charge in [0.15, 0.2) is 0 Å². The first-order valence-electron chi connectivity index (χ1n) is 11.2. The molecule has 7 nitrogen and oxygen atoms in total. The number of anilines is 1. The highest BCUT2D eigenvalue weighted by Gasteiger charge is 2.11. The van der Waals surface area contributed by atoms with E-state index in [2.05, 4.69) is 15.8 Å². The zero-order chi connectivity index (χ0) is 25.3. The van der Waals surface area contributed by atoms with Crippen molar-refractivity contribution in [2.75, 3.05) is 5.32 Å². The molecule has 0 saturated heterocycles. The van der Waals surface area contributed by atoms with Crippen LogP contribution in [0, 0.1) is 6.92 Å². The number of para-hydroxylation sites is 1. The van der Waals surface area contributed by atoms with Crippen LogP contribution in [0.2, 0.25) is 0 Å². The molecule has 7 heteroatoms. The van der Waals surface area contributed by atoms with Gasteiger partial charge in [-0.25, -0.2) is 10.2 Å². The molecule has 0 aromatic heterocycles. The monoisotopic (exact) mass is 477 g/mol. The molecule has 0 heterocycles. The highest BCUT2D eigenvalue weighted by molar-refractivity contribution is 6.04. The van der Waals surface area contributed by atoms with E-state index < -0.39 is 11.9 Å². The Morgan fingerprint density at radius 1 is 0.722 bits per heavy atom. The average molecular weight is 478 g/mol. The standard InChI is InChI=1S/C29H23N3O4/c1-20-8-7-12-23(18-20)29(35)36-26-13-6-5-11-24(26)19-30-32-28(34)22-14-16-25(17-15-22)31-27(33)21-9-3-2-4-10-21/h2-19H,1H3,(H,31,33)(H,32,34)/b30-19-. The number of ether oxygens (including phenoxy) is 1. The number of rotatable bonds is 7. The molecule has 4 rings (SSSR count). The number of hydrogen-bond acceptors (Lipinski definition) is 5. The Labute approximate surface area is 208 Å². The Morgan fingerprint density at radius 2 is 1.39 bits per heavy atom. The number of amides is 2. The molecule has 0 fully saturated rings. The van der Waals surface area contributed by atoms with Gasteiger partial charge in [0.25, 0.3) is 11.8 Å². The zero-order valence-electron chi connectivity index (χ0n) is 19.5. The molecule has 0 aliphatic rings. The van der Waals surface area contributed by atoms with Gasteiger partial charge >= 0.3 is 5.97 Å². The van der Waals surface area contributed by atoms with Gasteiger partial charge in [0, 0.05) is 22.4 Å². The highest BCUT2D eigenvalue weighted by atomic mass is 16.5. The third-order valence-corrected chi connectivity index (χ3v) is 5.19. The summed E-state index contributed by atoms with van der Waals surface area (Å²) in [7, 11) is 0. The molecule has 4 aromatic carbocycles. The fourth-order valence-electron chi connectivity index (χ4n) is 3.33. The predicted octanol–water partition coefficient (Wildman–Crippen LogP) is 5.23. The number of nitrogens with one attached hydrogen (secondary N) is 2. The van der Waals surface area contributed by atoms with Crippen LogP contribution in [0.3, 0.4) is 0 Å². The van der Waals surface area contributed by atoms with Crippen LogP contribution in [0.15, 0.2) is 108 Å². The summed E-state index contributed by atoms with van der Waals surface area (Å²) in [6.45, 7) is 1.90. The summed E-state index contributed by atoms with van der Waals surface area (Å²) in [4.78, 5) is 37.2. The van der Waals surface area contributed by atoms with Crippen LogP contribution in [-0.2, 0) is 0 Å². The summed E-state index contributed by atoms with van der Waals surface area (Å²) >= 11 is 0. The number of aryl methyl sites for hydroxylation is 1. The lowest BCUT2D eigenvalue weighted by Crippen LogP contribution is -2.18. The number of carbonyl (C=O) groups excluding carboxylic acids is 3. The molecular formula is C29H23N3O4. The summed E-state index contributed by atoms with van der Waals surface area (Å²) in [6.07, 6.45) is 1.41. The highest BCUT2D eigenvalue weighted by Crippen LogP contribution is 2.18. The zero-order valence-corrected chi connectivity index (χ0v) is 19.5. The van der Waals surface area contributed by atoms with Crippen molar-refractivity contribution in [1.29, 1.82) is 0 Å². The van der Waals surface area contributed by atoms with Gasteiger partial charge in [-0.15, -0.1) is 0 Å². The summed E-state index contributed by atoms with van der Waals surface area (Å²) in [6, 6.07) is 29.3. The van der Waals surface area contributed by atoms with E-state index in [1.165, 1.54) is 6.21 Å². The van der Waals surface area contributed by atoms with Gasteiger partial charge in [0.2, 0.25) is 0 Å². The van der Waals surface area contributed by atoms with Gasteiger partial charge in [0.1, 0.15) is 5.75 Å². The Bertz CT molecular complexity index is 1410. The lowest BCUT2D eigenvalue weighted by molar-refractivity contribution is 0.0733. The summed E-state index contributed by atoms with van der Waals surface area (Å²) in [5, 5.41) is 6.78. The molecule has 0 spiro atoms. The van der Waals surface area contributed by atoms with Gasteiger partial charge in [-0.1, -0.05) is 48.0 Å². The maximum atomic E-state index is 12.5. The van der Waals surface area contributed by atoms with E-state index in [0.29, 0.717) is 33.7 Å². The molecule has 2 N–H and O–H groups in total. The second-order valence-electron chi connectivity index (χ2n) is 7.89. The first-order chi connectivity index (χ1) is 17.5. The first kappa shape index (κ1) is 24.1. The minimum atomic E-state index is -0.483. The van der Waals surface area contributed by atoms with E-state index in [1.807, 2.05) is 19.1 Å². The van der Waals surface area contributed by atoms with Crippen molar-refractivity contribution < 1.29 is 19.1 Å². The quantitative estimate of drug-likeness (QED) is 0.165. The van der Waals surface area contributed by atoms with Crippen molar-refractivity contribution in [2.45, 2.75) is 6.92 Å². The minimum absolute atomic E-state index is 0.237. The van der Waals surface area contributed by atoms with Gasteiger partial charge in [0.05, 0.1) is 11.8 Å². The number of benzene rings is 4. The van der Waals surface area contributed by atoms with E-state index in [1.54, 1.807) is 91.0 Å². The van der Waals surface area contributed by atoms with Gasteiger partial charge in [-0.05, 0) is 67.6 Å². The molecule has 4 aromatic rings. The fraction of sp³-hybridized carbons (Fsp3) is 0.0345. The third-order valence-electron chi connectivity index (χ3n) is 5.19. The van der Waals surface area contributed by atoms with Crippen molar-refractivity contribution in [3.8, 4) is 5.75 Å². The lowest BCUT2D eigenvalue weighted by atomic mass is 10.1. The summed E-state index contributed by atoms with van der Waals surface area (Å²) in [5.74, 6) is -0.830. The van der Waals surface area contributed by atoms with Crippen molar-refractivity contribution in [3.63, 3.8) is 0 Å². The SMILES string of the molecule is Cc1cccc(C(=O)Oc2ccccc2/C=N\NC(=O)c2ccc(NC(=O)c3ccccc3)cc2)c1. The largest absolute Gasteiger partial charge is 0.422 e. The number of hydrazone groups is 1. The number of carbonyl (C=O) groups is 3. The number of esters is 1. The maximum Gasteiger partial charge on any atom is 0.343 e. The van der Waals surface area contributed by atoms with E-state index in [-0.39, 0.29) is 5.91 Å². The molecule has 0 bridgehead atoms. The molecule has 0 atom stereocenters. The predicted molar refractivity (Wildman–Crippen MR) is 138 cm³/mol. The molecule has 2 amide bonds. The van der Waals surface area contributed by atoms with Crippen molar-refractivity contribution in [1.82, 2.24) is 5.43 Å². The van der Waals surface area contributed by atoms with E-state index in [0.717, 1.165) is 5.56 Å². The van der Waals surface area contributed by atoms with Gasteiger partial charge in [-0.2, -0.15) is 5.10 Å².